The van der Waals surface area contributed by atoms with Crippen LogP contribution in [0.25, 0.3) is 0 Å². The van der Waals surface area contributed by atoms with E-state index in [9.17, 15) is 4.79 Å². The Labute approximate surface area is 110 Å². The van der Waals surface area contributed by atoms with E-state index >= 15 is 0 Å². The van der Waals surface area contributed by atoms with Crippen LogP contribution in [0.15, 0.2) is 0 Å². The van der Waals surface area contributed by atoms with Crippen molar-refractivity contribution in [3.8, 4) is 0 Å². The molecule has 5 heteroatoms. The maximum Gasteiger partial charge on any atom is 0.322 e. The fourth-order valence-corrected chi connectivity index (χ4v) is 1.74. The third-order valence-corrected chi connectivity index (χ3v) is 3.30. The maximum atomic E-state index is 11.4. The predicted octanol–water partition coefficient (Wildman–Crippen LogP) is 0.496. The van der Waals surface area contributed by atoms with Crippen molar-refractivity contribution in [3.63, 3.8) is 0 Å². The highest BCUT2D eigenvalue weighted by Gasteiger charge is 2.21. The zero-order chi connectivity index (χ0) is 13.4. The molecule has 1 saturated carbocycles. The van der Waals surface area contributed by atoms with Crippen LogP contribution >= 0.6 is 0 Å². The molecule has 1 N–H and O–H groups in total. The van der Waals surface area contributed by atoms with Crippen molar-refractivity contribution in [3.05, 3.63) is 0 Å². The predicted molar refractivity (Wildman–Crippen MR) is 70.5 cm³/mol. The number of rotatable bonds is 10. The lowest BCUT2D eigenvalue weighted by atomic mass is 10.2. The van der Waals surface area contributed by atoms with Crippen molar-refractivity contribution in [1.29, 1.82) is 0 Å². The third-order valence-electron chi connectivity index (χ3n) is 3.30. The van der Waals surface area contributed by atoms with E-state index in [-0.39, 0.29) is 12.0 Å². The van der Waals surface area contributed by atoms with Crippen LogP contribution in [-0.2, 0) is 14.3 Å². The molecule has 0 aromatic heterocycles. The zero-order valence-electron chi connectivity index (χ0n) is 11.8. The summed E-state index contributed by atoms with van der Waals surface area (Å²) < 4.78 is 10.3. The molecule has 1 rings (SSSR count). The smallest absolute Gasteiger partial charge is 0.322 e. The second-order valence-corrected chi connectivity index (χ2v) is 4.97. The van der Waals surface area contributed by atoms with Crippen LogP contribution in [0.2, 0.25) is 0 Å². The molecular weight excluding hydrogens is 232 g/mol. The van der Waals surface area contributed by atoms with Gasteiger partial charge in [-0.25, -0.2) is 0 Å². The van der Waals surface area contributed by atoms with Crippen LogP contribution in [0.4, 0.5) is 0 Å². The largest absolute Gasteiger partial charge is 0.468 e. The van der Waals surface area contributed by atoms with Crippen molar-refractivity contribution in [2.45, 2.75) is 25.3 Å². The summed E-state index contributed by atoms with van der Waals surface area (Å²) in [5, 5.41) is 2.97. The second-order valence-electron chi connectivity index (χ2n) is 4.97. The number of nitrogens with zero attached hydrogens (tertiary/aromatic N) is 1. The lowest BCUT2D eigenvalue weighted by molar-refractivity contribution is -0.143. The minimum Gasteiger partial charge on any atom is -0.468 e. The lowest BCUT2D eigenvalue weighted by Crippen LogP contribution is -2.38. The number of hydrogen-bond donors (Lipinski definition) is 1. The molecule has 1 aliphatic rings. The van der Waals surface area contributed by atoms with E-state index in [1.807, 2.05) is 7.05 Å². The van der Waals surface area contributed by atoms with E-state index in [1.54, 1.807) is 7.05 Å². The Morgan fingerprint density at radius 1 is 1.44 bits per heavy atom. The van der Waals surface area contributed by atoms with E-state index in [0.29, 0.717) is 0 Å². The third kappa shape index (κ3) is 6.33. The van der Waals surface area contributed by atoms with Crippen LogP contribution < -0.4 is 5.32 Å². The number of ether oxygens (including phenoxy) is 2. The SMILES string of the molecule is CNC(CCN(C)CCOCC1CC1)C(=O)OC. The van der Waals surface area contributed by atoms with Gasteiger partial charge in [0.15, 0.2) is 0 Å². The van der Waals surface area contributed by atoms with Gasteiger partial charge in [-0.05, 0) is 45.8 Å². The van der Waals surface area contributed by atoms with Crippen LogP contribution in [0, 0.1) is 5.92 Å². The summed E-state index contributed by atoms with van der Waals surface area (Å²) in [6, 6.07) is -0.218. The topological polar surface area (TPSA) is 50.8 Å². The molecule has 0 aromatic carbocycles. The van der Waals surface area contributed by atoms with Crippen molar-refractivity contribution < 1.29 is 14.3 Å². The molecule has 18 heavy (non-hydrogen) atoms. The Kier molecular flexibility index (Phi) is 7.23. The van der Waals surface area contributed by atoms with Gasteiger partial charge in [-0.3, -0.25) is 4.79 Å². The summed E-state index contributed by atoms with van der Waals surface area (Å²) in [6.07, 6.45) is 3.42. The summed E-state index contributed by atoms with van der Waals surface area (Å²) >= 11 is 0. The van der Waals surface area contributed by atoms with Gasteiger partial charge in [-0.1, -0.05) is 0 Å². The molecule has 1 fully saturated rings. The molecule has 106 valence electrons. The molecule has 0 heterocycles. The molecule has 0 aliphatic heterocycles. The number of carbonyl (C=O) groups excluding carboxylic acids is 1. The quantitative estimate of drug-likeness (QED) is 0.457. The first-order valence-corrected chi connectivity index (χ1v) is 6.68. The summed E-state index contributed by atoms with van der Waals surface area (Å²) in [5.41, 5.74) is 0. The van der Waals surface area contributed by atoms with Gasteiger partial charge in [0.05, 0.1) is 13.7 Å². The van der Waals surface area contributed by atoms with Gasteiger partial charge in [-0.2, -0.15) is 0 Å². The van der Waals surface area contributed by atoms with E-state index in [1.165, 1.54) is 20.0 Å². The first-order chi connectivity index (χ1) is 8.67. The summed E-state index contributed by atoms with van der Waals surface area (Å²) in [5.74, 6) is 0.624. The number of carbonyl (C=O) groups is 1. The molecular formula is C13H26N2O3. The number of methoxy groups -OCH3 is 1. The summed E-state index contributed by atoms with van der Waals surface area (Å²) in [4.78, 5) is 13.6. The van der Waals surface area contributed by atoms with Crippen molar-refractivity contribution >= 4 is 5.97 Å². The van der Waals surface area contributed by atoms with Crippen LogP contribution in [0.3, 0.4) is 0 Å². The van der Waals surface area contributed by atoms with E-state index in [2.05, 4.69) is 10.2 Å². The van der Waals surface area contributed by atoms with Gasteiger partial charge < -0.3 is 19.7 Å². The van der Waals surface area contributed by atoms with Gasteiger partial charge in [0.1, 0.15) is 6.04 Å². The Morgan fingerprint density at radius 3 is 2.72 bits per heavy atom. The zero-order valence-corrected chi connectivity index (χ0v) is 11.8. The van der Waals surface area contributed by atoms with E-state index in [0.717, 1.165) is 38.6 Å². The summed E-state index contributed by atoms with van der Waals surface area (Å²) in [6.45, 7) is 3.45. The molecule has 0 aromatic rings. The normalized spacial score (nSPS) is 16.9. The standard InChI is InChI=1S/C13H26N2O3/c1-14-12(13(16)17-3)6-7-15(2)8-9-18-10-11-4-5-11/h11-12,14H,4-10H2,1-3H3. The highest BCUT2D eigenvalue weighted by Crippen LogP contribution is 2.28. The number of likely N-dealkylation sites (N-methyl/N-ethyl adjacent to an activating group) is 2. The molecule has 1 unspecified atom stereocenters. The molecule has 0 spiro atoms. The minimum absolute atomic E-state index is 0.198. The average Bonchev–Trinajstić information content (AvgIpc) is 3.19. The molecule has 0 saturated heterocycles. The minimum atomic E-state index is -0.218. The lowest BCUT2D eigenvalue weighted by Gasteiger charge is -2.20. The van der Waals surface area contributed by atoms with E-state index in [4.69, 9.17) is 9.47 Å². The number of hydrogen-bond acceptors (Lipinski definition) is 5. The Balaban J connectivity index is 2.02. The number of nitrogens with one attached hydrogen (secondary N) is 1. The second kappa shape index (κ2) is 8.45. The average molecular weight is 258 g/mol. The molecule has 1 aliphatic carbocycles. The van der Waals surface area contributed by atoms with Crippen molar-refractivity contribution in [2.24, 2.45) is 5.92 Å². The maximum absolute atomic E-state index is 11.4. The first kappa shape index (κ1) is 15.4. The first-order valence-electron chi connectivity index (χ1n) is 6.68. The Morgan fingerprint density at radius 2 is 2.17 bits per heavy atom. The molecule has 1 atom stereocenters. The van der Waals surface area contributed by atoms with Crippen LogP contribution in [0.5, 0.6) is 0 Å². The van der Waals surface area contributed by atoms with Gasteiger partial charge in [-0.15, -0.1) is 0 Å². The highest BCUT2D eigenvalue weighted by atomic mass is 16.5. The highest BCUT2D eigenvalue weighted by molar-refractivity contribution is 5.75. The van der Waals surface area contributed by atoms with Crippen LogP contribution in [-0.4, -0.2) is 64.4 Å². The fourth-order valence-electron chi connectivity index (χ4n) is 1.74. The van der Waals surface area contributed by atoms with Gasteiger partial charge >= 0.3 is 5.97 Å². The molecule has 0 radical (unpaired) electrons. The molecule has 0 bridgehead atoms. The van der Waals surface area contributed by atoms with Crippen molar-refractivity contribution in [2.75, 3.05) is 47.5 Å². The van der Waals surface area contributed by atoms with Crippen LogP contribution in [0.1, 0.15) is 19.3 Å². The van der Waals surface area contributed by atoms with Gasteiger partial charge in [0, 0.05) is 13.2 Å². The van der Waals surface area contributed by atoms with Gasteiger partial charge in [0.2, 0.25) is 0 Å². The van der Waals surface area contributed by atoms with E-state index < -0.39 is 0 Å². The van der Waals surface area contributed by atoms with Crippen molar-refractivity contribution in [1.82, 2.24) is 10.2 Å². The monoisotopic (exact) mass is 258 g/mol. The fraction of sp³-hybridized carbons (Fsp3) is 0.923. The number of esters is 1. The van der Waals surface area contributed by atoms with Gasteiger partial charge in [0.25, 0.3) is 0 Å². The Bertz CT molecular complexity index is 244. The Hall–Kier alpha value is -0.650. The molecule has 5 nitrogen and oxygen atoms in total. The summed E-state index contributed by atoms with van der Waals surface area (Å²) in [7, 11) is 5.24. The molecule has 0 amide bonds.